The highest BCUT2D eigenvalue weighted by atomic mass is 16.6. The standard InChI is InChI=1S/C17H22N4O3/c1-2-24-16-6-3-5-15(17(16)21(22)23)19-11-7-14(8-12-19)13-20-10-4-9-18-20/h3-6,9-10,14H,2,7-8,11-13H2,1H3. The highest BCUT2D eigenvalue weighted by Crippen LogP contribution is 2.38. The summed E-state index contributed by atoms with van der Waals surface area (Å²) in [5.74, 6) is 0.897. The van der Waals surface area contributed by atoms with E-state index in [0.717, 1.165) is 32.5 Å². The van der Waals surface area contributed by atoms with Crippen LogP contribution in [0.2, 0.25) is 0 Å². The molecular weight excluding hydrogens is 308 g/mol. The van der Waals surface area contributed by atoms with Gasteiger partial charge in [0.25, 0.3) is 0 Å². The molecule has 0 saturated carbocycles. The van der Waals surface area contributed by atoms with Gasteiger partial charge in [-0.15, -0.1) is 0 Å². The quantitative estimate of drug-likeness (QED) is 0.601. The predicted octanol–water partition coefficient (Wildman–Crippen LogP) is 3.11. The van der Waals surface area contributed by atoms with E-state index in [2.05, 4.69) is 10.00 Å². The van der Waals surface area contributed by atoms with Crippen LogP contribution in [-0.2, 0) is 6.54 Å². The molecule has 0 unspecified atom stereocenters. The predicted molar refractivity (Wildman–Crippen MR) is 91.4 cm³/mol. The van der Waals surface area contributed by atoms with Crippen molar-refractivity contribution in [3.63, 3.8) is 0 Å². The van der Waals surface area contributed by atoms with Crippen molar-refractivity contribution in [2.24, 2.45) is 5.92 Å². The summed E-state index contributed by atoms with van der Waals surface area (Å²) in [5, 5.41) is 15.8. The lowest BCUT2D eigenvalue weighted by molar-refractivity contribution is -0.385. The van der Waals surface area contributed by atoms with Gasteiger partial charge in [-0.25, -0.2) is 0 Å². The van der Waals surface area contributed by atoms with Gasteiger partial charge in [-0.05, 0) is 43.9 Å². The molecular formula is C17H22N4O3. The van der Waals surface area contributed by atoms with Crippen LogP contribution in [0.25, 0.3) is 0 Å². The molecule has 128 valence electrons. The van der Waals surface area contributed by atoms with Crippen molar-refractivity contribution in [1.29, 1.82) is 0 Å². The molecule has 1 saturated heterocycles. The minimum Gasteiger partial charge on any atom is -0.487 e. The first-order valence-corrected chi connectivity index (χ1v) is 8.31. The van der Waals surface area contributed by atoms with Crippen molar-refractivity contribution in [3.8, 4) is 5.75 Å². The number of para-hydroxylation sites is 1. The monoisotopic (exact) mass is 330 g/mol. The number of rotatable bonds is 6. The maximum atomic E-state index is 11.5. The Morgan fingerprint density at radius 2 is 2.12 bits per heavy atom. The number of hydrogen-bond acceptors (Lipinski definition) is 5. The fourth-order valence-electron chi connectivity index (χ4n) is 3.25. The average Bonchev–Trinajstić information content (AvgIpc) is 3.08. The van der Waals surface area contributed by atoms with Gasteiger partial charge in [0.2, 0.25) is 0 Å². The van der Waals surface area contributed by atoms with Gasteiger partial charge in [-0.3, -0.25) is 14.8 Å². The van der Waals surface area contributed by atoms with Gasteiger partial charge in [0.05, 0.1) is 11.5 Å². The van der Waals surface area contributed by atoms with Crippen molar-refractivity contribution in [2.75, 3.05) is 24.6 Å². The summed E-state index contributed by atoms with van der Waals surface area (Å²) in [7, 11) is 0. The molecule has 7 heteroatoms. The number of hydrogen-bond donors (Lipinski definition) is 0. The molecule has 0 atom stereocenters. The highest BCUT2D eigenvalue weighted by molar-refractivity contribution is 5.70. The Morgan fingerprint density at radius 3 is 2.75 bits per heavy atom. The fourth-order valence-corrected chi connectivity index (χ4v) is 3.25. The molecule has 24 heavy (non-hydrogen) atoms. The van der Waals surface area contributed by atoms with E-state index in [1.54, 1.807) is 12.3 Å². The first-order chi connectivity index (χ1) is 11.7. The van der Waals surface area contributed by atoms with Crippen molar-refractivity contribution in [2.45, 2.75) is 26.3 Å². The van der Waals surface area contributed by atoms with Crippen LogP contribution in [0.4, 0.5) is 11.4 Å². The summed E-state index contributed by atoms with van der Waals surface area (Å²) in [6, 6.07) is 7.23. The Balaban J connectivity index is 1.72. The molecule has 1 fully saturated rings. The molecule has 0 bridgehead atoms. The smallest absolute Gasteiger partial charge is 0.333 e. The fraction of sp³-hybridized carbons (Fsp3) is 0.471. The first kappa shape index (κ1) is 16.3. The van der Waals surface area contributed by atoms with Crippen molar-refractivity contribution in [3.05, 3.63) is 46.8 Å². The van der Waals surface area contributed by atoms with E-state index < -0.39 is 0 Å². The van der Waals surface area contributed by atoms with E-state index in [4.69, 9.17) is 4.74 Å². The van der Waals surface area contributed by atoms with E-state index in [-0.39, 0.29) is 10.6 Å². The van der Waals surface area contributed by atoms with E-state index in [9.17, 15) is 10.1 Å². The molecule has 0 spiro atoms. The van der Waals surface area contributed by atoms with Crippen LogP contribution in [0.3, 0.4) is 0 Å². The maximum Gasteiger partial charge on any atom is 0.333 e. The highest BCUT2D eigenvalue weighted by Gasteiger charge is 2.28. The third-order valence-corrected chi connectivity index (χ3v) is 4.42. The molecule has 1 aromatic heterocycles. The number of aromatic nitrogens is 2. The lowest BCUT2D eigenvalue weighted by Gasteiger charge is -2.33. The third-order valence-electron chi connectivity index (χ3n) is 4.42. The molecule has 1 aliphatic rings. The summed E-state index contributed by atoms with van der Waals surface area (Å²) in [4.78, 5) is 13.3. The molecule has 2 heterocycles. The number of anilines is 1. The number of nitro groups is 1. The van der Waals surface area contributed by atoms with Gasteiger partial charge >= 0.3 is 5.69 Å². The van der Waals surface area contributed by atoms with Gasteiger partial charge in [-0.1, -0.05) is 6.07 Å². The second kappa shape index (κ2) is 7.33. The van der Waals surface area contributed by atoms with Gasteiger partial charge in [-0.2, -0.15) is 5.10 Å². The first-order valence-electron chi connectivity index (χ1n) is 8.31. The molecule has 1 aliphatic heterocycles. The molecule has 0 amide bonds. The maximum absolute atomic E-state index is 11.5. The summed E-state index contributed by atoms with van der Waals surface area (Å²) in [5.41, 5.74) is 0.730. The molecule has 0 N–H and O–H groups in total. The minimum atomic E-state index is -0.337. The van der Waals surface area contributed by atoms with Gasteiger partial charge < -0.3 is 9.64 Å². The van der Waals surface area contributed by atoms with Crippen LogP contribution in [0, 0.1) is 16.0 Å². The summed E-state index contributed by atoms with van der Waals surface area (Å²) in [6.07, 6.45) is 5.76. The number of nitro benzene ring substituents is 1. The third kappa shape index (κ3) is 3.50. The normalized spacial score (nSPS) is 15.5. The van der Waals surface area contributed by atoms with E-state index >= 15 is 0 Å². The van der Waals surface area contributed by atoms with Crippen LogP contribution >= 0.6 is 0 Å². The summed E-state index contributed by atoms with van der Waals surface area (Å²) in [6.45, 7) is 4.76. The zero-order valence-electron chi connectivity index (χ0n) is 13.8. The Kier molecular flexibility index (Phi) is 4.98. The number of ether oxygens (including phenoxy) is 1. The minimum absolute atomic E-state index is 0.0740. The van der Waals surface area contributed by atoms with Crippen LogP contribution in [0.1, 0.15) is 19.8 Å². The van der Waals surface area contributed by atoms with Gasteiger partial charge in [0.15, 0.2) is 5.75 Å². The van der Waals surface area contributed by atoms with Crippen LogP contribution in [0.15, 0.2) is 36.7 Å². The van der Waals surface area contributed by atoms with Crippen LogP contribution in [-0.4, -0.2) is 34.4 Å². The van der Waals surface area contributed by atoms with E-state index in [0.29, 0.717) is 24.0 Å². The van der Waals surface area contributed by atoms with Gasteiger partial charge in [0, 0.05) is 32.0 Å². The Hall–Kier alpha value is -2.57. The van der Waals surface area contributed by atoms with E-state index in [1.165, 1.54) is 0 Å². The summed E-state index contributed by atoms with van der Waals surface area (Å²) >= 11 is 0. The zero-order chi connectivity index (χ0) is 16.9. The largest absolute Gasteiger partial charge is 0.487 e. The van der Waals surface area contributed by atoms with Crippen molar-refractivity contribution < 1.29 is 9.66 Å². The van der Waals surface area contributed by atoms with Crippen LogP contribution < -0.4 is 9.64 Å². The van der Waals surface area contributed by atoms with Crippen molar-refractivity contribution in [1.82, 2.24) is 9.78 Å². The number of benzene rings is 1. The van der Waals surface area contributed by atoms with Crippen LogP contribution in [0.5, 0.6) is 5.75 Å². The Bertz CT molecular complexity index is 679. The lowest BCUT2D eigenvalue weighted by Crippen LogP contribution is -2.35. The average molecular weight is 330 g/mol. The van der Waals surface area contributed by atoms with E-state index in [1.807, 2.05) is 36.0 Å². The molecule has 3 rings (SSSR count). The molecule has 1 aromatic carbocycles. The topological polar surface area (TPSA) is 73.4 Å². The number of nitrogens with zero attached hydrogens (tertiary/aromatic N) is 4. The molecule has 0 aliphatic carbocycles. The molecule has 2 aromatic rings. The number of piperidine rings is 1. The molecule has 7 nitrogen and oxygen atoms in total. The zero-order valence-corrected chi connectivity index (χ0v) is 13.8. The SMILES string of the molecule is CCOc1cccc(N2CCC(Cn3cccn3)CC2)c1[N+](=O)[O-]. The Morgan fingerprint density at radius 1 is 1.33 bits per heavy atom. The second-order valence-corrected chi connectivity index (χ2v) is 5.97. The Labute approximate surface area is 141 Å². The lowest BCUT2D eigenvalue weighted by atomic mass is 9.96. The van der Waals surface area contributed by atoms with Gasteiger partial charge in [0.1, 0.15) is 5.69 Å². The van der Waals surface area contributed by atoms with Crippen molar-refractivity contribution >= 4 is 11.4 Å². The molecule has 0 radical (unpaired) electrons. The second-order valence-electron chi connectivity index (χ2n) is 5.97. The summed E-state index contributed by atoms with van der Waals surface area (Å²) < 4.78 is 7.40.